The third-order valence-electron chi connectivity index (χ3n) is 4.03. The lowest BCUT2D eigenvalue weighted by Crippen LogP contribution is -2.41. The summed E-state index contributed by atoms with van der Waals surface area (Å²) in [6.07, 6.45) is 1.82. The Kier molecular flexibility index (Phi) is 3.22. The number of hydrogen-bond acceptors (Lipinski definition) is 4. The number of nitrogens with two attached hydrogens (primary N) is 1. The molecule has 2 aromatic rings. The average molecular weight is 271 g/mol. The van der Waals surface area contributed by atoms with E-state index < -0.39 is 0 Å². The van der Waals surface area contributed by atoms with Gasteiger partial charge in [-0.3, -0.25) is 4.90 Å². The Hall–Kier alpha value is -1.88. The molecule has 1 aliphatic rings. The maximum absolute atomic E-state index is 5.77. The second kappa shape index (κ2) is 4.90. The van der Waals surface area contributed by atoms with Crippen molar-refractivity contribution in [1.29, 1.82) is 0 Å². The van der Waals surface area contributed by atoms with Gasteiger partial charge in [-0.25, -0.2) is 0 Å². The van der Waals surface area contributed by atoms with Crippen LogP contribution >= 0.6 is 0 Å². The van der Waals surface area contributed by atoms with Gasteiger partial charge in [-0.15, -0.1) is 10.2 Å². The Morgan fingerprint density at radius 2 is 1.95 bits per heavy atom. The third-order valence-corrected chi connectivity index (χ3v) is 4.03. The van der Waals surface area contributed by atoms with Gasteiger partial charge in [0.15, 0.2) is 0 Å². The molecule has 0 aliphatic carbocycles. The number of nitrogens with zero attached hydrogens (tertiary/aromatic N) is 4. The molecule has 0 fully saturated rings. The number of anilines is 1. The molecule has 2 N–H and O–H groups in total. The topological polar surface area (TPSA) is 60.0 Å². The van der Waals surface area contributed by atoms with Gasteiger partial charge in [0.1, 0.15) is 12.2 Å². The number of hydrogen-bond donors (Lipinski definition) is 1. The van der Waals surface area contributed by atoms with Crippen molar-refractivity contribution in [2.24, 2.45) is 0 Å². The molecule has 3 rings (SSSR count). The largest absolute Gasteiger partial charge is 0.399 e. The first-order valence-corrected chi connectivity index (χ1v) is 7.00. The highest BCUT2D eigenvalue weighted by molar-refractivity contribution is 5.41. The average Bonchev–Trinajstić information content (AvgIpc) is 2.86. The molecular formula is C15H21N5. The molecule has 5 nitrogen and oxygen atoms in total. The van der Waals surface area contributed by atoms with Crippen molar-refractivity contribution in [3.8, 4) is 0 Å². The number of aromatic nitrogens is 3. The summed E-state index contributed by atoms with van der Waals surface area (Å²) < 4.78 is 2.13. The second-order valence-corrected chi connectivity index (χ2v) is 6.16. The van der Waals surface area contributed by atoms with Crippen LogP contribution in [0.4, 0.5) is 5.69 Å². The van der Waals surface area contributed by atoms with Crippen LogP contribution in [0.2, 0.25) is 0 Å². The number of benzene rings is 1. The summed E-state index contributed by atoms with van der Waals surface area (Å²) in [4.78, 5) is 2.44. The Morgan fingerprint density at radius 3 is 2.70 bits per heavy atom. The minimum absolute atomic E-state index is 0.0931. The summed E-state index contributed by atoms with van der Waals surface area (Å²) in [5, 5.41) is 8.15. The molecule has 1 aromatic carbocycles. The molecule has 1 aliphatic heterocycles. The molecule has 0 bridgehead atoms. The van der Waals surface area contributed by atoms with Crippen LogP contribution in [-0.2, 0) is 18.5 Å². The van der Waals surface area contributed by atoms with Crippen molar-refractivity contribution in [2.75, 3.05) is 18.8 Å². The fourth-order valence-corrected chi connectivity index (χ4v) is 2.84. The minimum atomic E-state index is 0.0931. The first-order valence-electron chi connectivity index (χ1n) is 7.00. The first kappa shape index (κ1) is 13.1. The van der Waals surface area contributed by atoms with Crippen LogP contribution in [0.25, 0.3) is 0 Å². The smallest absolute Gasteiger partial charge is 0.147 e. The fraction of sp³-hybridized carbons (Fsp3) is 0.467. The minimum Gasteiger partial charge on any atom is -0.399 e. The van der Waals surface area contributed by atoms with Crippen LogP contribution in [0.5, 0.6) is 0 Å². The van der Waals surface area contributed by atoms with Gasteiger partial charge in [-0.1, -0.05) is 26.0 Å². The Morgan fingerprint density at radius 1 is 1.20 bits per heavy atom. The van der Waals surface area contributed by atoms with Crippen LogP contribution in [-0.4, -0.2) is 32.8 Å². The summed E-state index contributed by atoms with van der Waals surface area (Å²) in [5.41, 5.74) is 7.99. The standard InChI is InChI=1S/C15H21N5/c1-15(2,12-3-5-13(16)6-4-12)10-19-7-8-20-11-17-18-14(20)9-19/h3-6,11H,7-10,16H2,1-2H3. The van der Waals surface area contributed by atoms with Crippen molar-refractivity contribution in [3.05, 3.63) is 42.0 Å². The summed E-state index contributed by atoms with van der Waals surface area (Å²) in [7, 11) is 0. The van der Waals surface area contributed by atoms with E-state index in [4.69, 9.17) is 5.73 Å². The molecule has 2 heterocycles. The van der Waals surface area contributed by atoms with Gasteiger partial charge >= 0.3 is 0 Å². The zero-order chi connectivity index (χ0) is 14.2. The summed E-state index contributed by atoms with van der Waals surface area (Å²) in [6, 6.07) is 8.21. The van der Waals surface area contributed by atoms with Crippen molar-refractivity contribution in [1.82, 2.24) is 19.7 Å². The lowest BCUT2D eigenvalue weighted by Gasteiger charge is -2.35. The molecule has 0 atom stereocenters. The van der Waals surface area contributed by atoms with E-state index in [0.717, 1.165) is 37.7 Å². The molecule has 1 aromatic heterocycles. The summed E-state index contributed by atoms with van der Waals surface area (Å²) in [5.74, 6) is 1.06. The molecule has 20 heavy (non-hydrogen) atoms. The molecule has 0 saturated carbocycles. The van der Waals surface area contributed by atoms with E-state index >= 15 is 0 Å². The van der Waals surface area contributed by atoms with E-state index in [1.54, 1.807) is 0 Å². The fourth-order valence-electron chi connectivity index (χ4n) is 2.84. The maximum atomic E-state index is 5.77. The lowest BCUT2D eigenvalue weighted by molar-refractivity contribution is 0.179. The van der Waals surface area contributed by atoms with E-state index in [1.165, 1.54) is 5.56 Å². The van der Waals surface area contributed by atoms with Gasteiger partial charge in [0.2, 0.25) is 0 Å². The van der Waals surface area contributed by atoms with Crippen molar-refractivity contribution >= 4 is 5.69 Å². The normalized spacial score (nSPS) is 16.1. The highest BCUT2D eigenvalue weighted by Crippen LogP contribution is 2.26. The predicted octanol–water partition coefficient (Wildman–Crippen LogP) is 1.65. The van der Waals surface area contributed by atoms with Crippen LogP contribution in [0.1, 0.15) is 25.2 Å². The molecule has 0 radical (unpaired) electrons. The molecular weight excluding hydrogens is 250 g/mol. The Balaban J connectivity index is 1.72. The molecule has 0 spiro atoms. The number of nitrogen functional groups attached to an aromatic ring is 1. The van der Waals surface area contributed by atoms with E-state index in [9.17, 15) is 0 Å². The van der Waals surface area contributed by atoms with Crippen molar-refractivity contribution in [2.45, 2.75) is 32.4 Å². The van der Waals surface area contributed by atoms with Gasteiger partial charge in [0.25, 0.3) is 0 Å². The quantitative estimate of drug-likeness (QED) is 0.862. The molecule has 106 valence electrons. The predicted molar refractivity (Wildman–Crippen MR) is 79.2 cm³/mol. The van der Waals surface area contributed by atoms with Gasteiger partial charge in [0, 0.05) is 30.7 Å². The Labute approximate surface area is 119 Å². The van der Waals surface area contributed by atoms with Crippen LogP contribution in [0, 0.1) is 0 Å². The second-order valence-electron chi connectivity index (χ2n) is 6.16. The zero-order valence-corrected chi connectivity index (χ0v) is 12.1. The van der Waals surface area contributed by atoms with Crippen molar-refractivity contribution in [3.63, 3.8) is 0 Å². The third kappa shape index (κ3) is 2.54. The molecule has 0 saturated heterocycles. The van der Waals surface area contributed by atoms with Gasteiger partial charge in [0.05, 0.1) is 6.54 Å². The number of rotatable bonds is 3. The first-order chi connectivity index (χ1) is 9.54. The summed E-state index contributed by atoms with van der Waals surface area (Å²) in [6.45, 7) is 8.45. The van der Waals surface area contributed by atoms with Crippen LogP contribution < -0.4 is 5.73 Å². The highest BCUT2D eigenvalue weighted by Gasteiger charge is 2.26. The molecule has 0 unspecified atom stereocenters. The monoisotopic (exact) mass is 271 g/mol. The zero-order valence-electron chi connectivity index (χ0n) is 12.1. The summed E-state index contributed by atoms with van der Waals surface area (Å²) >= 11 is 0. The van der Waals surface area contributed by atoms with E-state index in [2.05, 4.69) is 45.6 Å². The van der Waals surface area contributed by atoms with Crippen LogP contribution in [0.3, 0.4) is 0 Å². The van der Waals surface area contributed by atoms with Crippen molar-refractivity contribution < 1.29 is 0 Å². The van der Waals surface area contributed by atoms with E-state index in [0.29, 0.717) is 0 Å². The molecule has 5 heteroatoms. The Bertz CT molecular complexity index is 585. The SMILES string of the molecule is CC(C)(CN1CCn2cnnc2C1)c1ccc(N)cc1. The van der Waals surface area contributed by atoms with Gasteiger partial charge in [-0.2, -0.15) is 0 Å². The van der Waals surface area contributed by atoms with E-state index in [-0.39, 0.29) is 5.41 Å². The van der Waals surface area contributed by atoms with Gasteiger partial charge in [-0.05, 0) is 17.7 Å². The van der Waals surface area contributed by atoms with Gasteiger partial charge < -0.3 is 10.3 Å². The maximum Gasteiger partial charge on any atom is 0.147 e. The molecule has 0 amide bonds. The van der Waals surface area contributed by atoms with E-state index in [1.807, 2.05) is 18.5 Å². The number of fused-ring (bicyclic) bond motifs is 1. The highest BCUT2D eigenvalue weighted by atomic mass is 15.3. The lowest BCUT2D eigenvalue weighted by atomic mass is 9.84. The van der Waals surface area contributed by atoms with Crippen LogP contribution in [0.15, 0.2) is 30.6 Å².